The van der Waals surface area contributed by atoms with E-state index in [1.807, 2.05) is 6.92 Å². The van der Waals surface area contributed by atoms with Gasteiger partial charge >= 0.3 is 7.60 Å². The molecule has 1 aliphatic carbocycles. The molecule has 5 N–H and O–H groups in total. The number of nitrogens with two attached hydrogens (primary N) is 1. The van der Waals surface area contributed by atoms with Crippen LogP contribution in [0.3, 0.4) is 0 Å². The maximum Gasteiger partial charge on any atom is 0.351 e. The monoisotopic (exact) mass is 355 g/mol. The Bertz CT molecular complexity index is 900. The average molecular weight is 355 g/mol. The number of anilines is 1. The number of fused-ring (bicyclic) bond motifs is 1. The van der Waals surface area contributed by atoms with E-state index < -0.39 is 25.6 Å². The molecule has 0 unspecified atom stereocenters. The fourth-order valence-electron chi connectivity index (χ4n) is 3.14. The van der Waals surface area contributed by atoms with E-state index in [1.54, 1.807) is 4.57 Å². The summed E-state index contributed by atoms with van der Waals surface area (Å²) >= 11 is 0. The molecule has 0 amide bonds. The van der Waals surface area contributed by atoms with Crippen LogP contribution in [0.25, 0.3) is 11.2 Å². The molecule has 10 nitrogen and oxygen atoms in total. The third kappa shape index (κ3) is 3.01. The highest BCUT2D eigenvalue weighted by Gasteiger charge is 2.38. The second-order valence-corrected chi connectivity index (χ2v) is 7.54. The molecule has 11 heteroatoms. The number of nitrogen functional groups attached to an aromatic ring is 1. The summed E-state index contributed by atoms with van der Waals surface area (Å²) in [5.74, 6) is 0.0406. The maximum atomic E-state index is 11.9. The number of nitrogens with zero attached hydrogens (tertiary/aromatic N) is 3. The lowest BCUT2D eigenvalue weighted by molar-refractivity contribution is 0.101. The summed E-state index contributed by atoms with van der Waals surface area (Å²) in [4.78, 5) is 40.4. The van der Waals surface area contributed by atoms with Crippen molar-refractivity contribution in [3.8, 4) is 0 Å². The zero-order valence-electron chi connectivity index (χ0n) is 12.9. The van der Waals surface area contributed by atoms with Crippen LogP contribution in [0, 0.1) is 5.92 Å². The van der Waals surface area contributed by atoms with Crippen molar-refractivity contribution in [1.29, 1.82) is 0 Å². The van der Waals surface area contributed by atoms with Crippen molar-refractivity contribution in [3.63, 3.8) is 0 Å². The molecule has 0 radical (unpaired) electrons. The first kappa shape index (κ1) is 16.8. The highest BCUT2D eigenvalue weighted by atomic mass is 31.2. The molecule has 2 aromatic rings. The smallest absolute Gasteiger partial charge is 0.351 e. The minimum atomic E-state index is -4.25. The van der Waals surface area contributed by atoms with Gasteiger partial charge in [-0.05, 0) is 17.9 Å². The molecule has 0 aliphatic heterocycles. The first-order valence-corrected chi connectivity index (χ1v) is 9.04. The van der Waals surface area contributed by atoms with E-state index in [-0.39, 0.29) is 23.4 Å². The number of hydrogen-bond donors (Lipinski definition) is 4. The molecule has 0 aromatic carbocycles. The molecule has 1 fully saturated rings. The third-order valence-electron chi connectivity index (χ3n) is 4.11. The Morgan fingerprint density at radius 3 is 2.96 bits per heavy atom. The minimum Gasteiger partial charge on any atom is -0.369 e. The summed E-state index contributed by atoms with van der Waals surface area (Å²) in [7, 11) is -4.25. The van der Waals surface area contributed by atoms with Gasteiger partial charge in [-0.25, -0.2) is 4.98 Å². The van der Waals surface area contributed by atoms with E-state index in [1.165, 1.54) is 6.33 Å². The lowest BCUT2D eigenvalue weighted by atomic mass is 10.0. The van der Waals surface area contributed by atoms with Crippen LogP contribution in [0.1, 0.15) is 19.4 Å². The Morgan fingerprint density at radius 2 is 2.29 bits per heavy atom. The lowest BCUT2D eigenvalue weighted by Crippen LogP contribution is -2.17. The second kappa shape index (κ2) is 5.82. The van der Waals surface area contributed by atoms with Gasteiger partial charge in [-0.3, -0.25) is 14.3 Å². The van der Waals surface area contributed by atoms with Gasteiger partial charge < -0.3 is 24.8 Å². The van der Waals surface area contributed by atoms with Gasteiger partial charge in [-0.2, -0.15) is 4.98 Å². The number of nitrogens with one attached hydrogen (secondary N) is 1. The lowest BCUT2D eigenvalue weighted by Gasteiger charge is -2.19. The topological polar surface area (TPSA) is 156 Å². The zero-order valence-corrected chi connectivity index (χ0v) is 13.8. The Hall–Kier alpha value is -2.00. The van der Waals surface area contributed by atoms with Crippen LogP contribution in [0.5, 0.6) is 0 Å². The van der Waals surface area contributed by atoms with E-state index in [2.05, 4.69) is 21.5 Å². The van der Waals surface area contributed by atoms with Crippen molar-refractivity contribution in [3.05, 3.63) is 28.8 Å². The number of hydrogen-bond acceptors (Lipinski definition) is 6. The number of ether oxygens (including phenoxy) is 1. The van der Waals surface area contributed by atoms with Gasteiger partial charge in [-0.15, -0.1) is 0 Å². The number of rotatable bonds is 4. The molecular weight excluding hydrogens is 337 g/mol. The summed E-state index contributed by atoms with van der Waals surface area (Å²) < 4.78 is 18.0. The number of aromatic amines is 1. The molecule has 0 spiro atoms. The van der Waals surface area contributed by atoms with E-state index in [0.717, 1.165) is 0 Å². The first-order chi connectivity index (χ1) is 11.2. The van der Waals surface area contributed by atoms with Gasteiger partial charge in [0.25, 0.3) is 5.56 Å². The van der Waals surface area contributed by atoms with Gasteiger partial charge in [0.2, 0.25) is 5.95 Å². The van der Waals surface area contributed by atoms with Crippen molar-refractivity contribution >= 4 is 24.7 Å². The molecule has 1 aliphatic rings. The van der Waals surface area contributed by atoms with E-state index in [4.69, 9.17) is 20.3 Å². The van der Waals surface area contributed by atoms with Crippen molar-refractivity contribution in [1.82, 2.24) is 19.5 Å². The average Bonchev–Trinajstić information content (AvgIpc) is 2.97. The van der Waals surface area contributed by atoms with Gasteiger partial charge in [0.15, 0.2) is 11.2 Å². The Balaban J connectivity index is 1.94. The molecule has 130 valence electrons. The zero-order chi connectivity index (χ0) is 17.6. The number of aromatic nitrogens is 4. The first-order valence-electron chi connectivity index (χ1n) is 7.24. The normalized spacial score (nSPS) is 24.8. The minimum absolute atomic E-state index is 0.0141. The van der Waals surface area contributed by atoms with Crippen molar-refractivity contribution < 1.29 is 19.1 Å². The van der Waals surface area contributed by atoms with Crippen LogP contribution in [0.4, 0.5) is 5.95 Å². The quantitative estimate of drug-likeness (QED) is 0.452. The predicted molar refractivity (Wildman–Crippen MR) is 86.3 cm³/mol. The van der Waals surface area contributed by atoms with Gasteiger partial charge in [0, 0.05) is 0 Å². The summed E-state index contributed by atoms with van der Waals surface area (Å²) in [6.45, 7) is 5.96. The van der Waals surface area contributed by atoms with Gasteiger partial charge in [-0.1, -0.05) is 13.5 Å². The highest BCUT2D eigenvalue weighted by Crippen LogP contribution is 2.44. The van der Waals surface area contributed by atoms with Crippen molar-refractivity contribution in [2.45, 2.75) is 25.5 Å². The second-order valence-electron chi connectivity index (χ2n) is 5.96. The summed E-state index contributed by atoms with van der Waals surface area (Å²) in [5.41, 5.74) is 6.33. The van der Waals surface area contributed by atoms with Crippen LogP contribution in [0.15, 0.2) is 23.3 Å². The van der Waals surface area contributed by atoms with Crippen LogP contribution in [0.2, 0.25) is 0 Å². The molecule has 0 saturated heterocycles. The number of H-pyrrole nitrogens is 1. The molecule has 24 heavy (non-hydrogen) atoms. The van der Waals surface area contributed by atoms with Gasteiger partial charge in [0.05, 0.1) is 18.5 Å². The standard InChI is InChI=1S/C13H18N5O5P/c1-6-3-8(23-5-24(20,21)22)7(2)10(6)18-4-15-9-11(18)16-13(14)17-12(9)19/h4,6,8,10H,2-3,5H2,1H3,(H2,20,21,22)(H3,14,16,17,19)/t6-,8+,10-/m0/s1. The van der Waals surface area contributed by atoms with Crippen LogP contribution in [-0.2, 0) is 9.30 Å². The van der Waals surface area contributed by atoms with Crippen molar-refractivity contribution in [2.24, 2.45) is 5.92 Å². The third-order valence-corrected chi connectivity index (χ3v) is 4.60. The van der Waals surface area contributed by atoms with Crippen molar-refractivity contribution in [2.75, 3.05) is 12.1 Å². The van der Waals surface area contributed by atoms with E-state index in [9.17, 15) is 9.36 Å². The fourth-order valence-corrected chi connectivity index (χ4v) is 3.51. The molecule has 1 saturated carbocycles. The molecule has 2 aromatic heterocycles. The molecule has 3 rings (SSSR count). The Labute approximate surface area is 136 Å². The molecule has 0 bridgehead atoms. The Morgan fingerprint density at radius 1 is 1.58 bits per heavy atom. The number of imidazole rings is 1. The summed E-state index contributed by atoms with van der Waals surface area (Å²) in [6, 6.07) is -0.259. The summed E-state index contributed by atoms with van der Waals surface area (Å²) in [6.07, 6.45) is 0.881. The molecular formula is C13H18N5O5P. The maximum absolute atomic E-state index is 11.9. The molecule has 3 atom stereocenters. The van der Waals surface area contributed by atoms with Crippen LogP contribution in [-0.4, -0.2) is 41.8 Å². The Kier molecular flexibility index (Phi) is 4.08. The summed E-state index contributed by atoms with van der Waals surface area (Å²) in [5, 5.41) is 0. The van der Waals surface area contributed by atoms with Crippen LogP contribution < -0.4 is 11.3 Å². The SMILES string of the molecule is C=C1[C@@H](n2cnc3c(=O)[nH]c(N)nc32)[C@@H](C)C[C@H]1OCP(=O)(O)O. The van der Waals surface area contributed by atoms with Crippen LogP contribution >= 0.6 is 7.60 Å². The fraction of sp³-hybridized carbons (Fsp3) is 0.462. The largest absolute Gasteiger partial charge is 0.369 e. The van der Waals surface area contributed by atoms with E-state index in [0.29, 0.717) is 17.6 Å². The predicted octanol–water partition coefficient (Wildman–Crippen LogP) is 0.359. The molecule has 2 heterocycles. The van der Waals surface area contributed by atoms with E-state index >= 15 is 0 Å². The van der Waals surface area contributed by atoms with Gasteiger partial charge in [0.1, 0.15) is 6.35 Å². The highest BCUT2D eigenvalue weighted by molar-refractivity contribution is 7.51.